The van der Waals surface area contributed by atoms with E-state index in [2.05, 4.69) is 4.72 Å². The maximum Gasteiger partial charge on any atom is 0.214 e. The molecule has 1 fully saturated rings. The van der Waals surface area contributed by atoms with Gasteiger partial charge in [0, 0.05) is 12.5 Å². The molecule has 0 heterocycles. The Morgan fingerprint density at radius 2 is 2.23 bits per heavy atom. The number of sulfonamides is 1. The van der Waals surface area contributed by atoms with Gasteiger partial charge in [-0.3, -0.25) is 0 Å². The molecule has 0 amide bonds. The Morgan fingerprint density at radius 3 is 2.62 bits per heavy atom. The van der Waals surface area contributed by atoms with Gasteiger partial charge < -0.3 is 5.73 Å². The summed E-state index contributed by atoms with van der Waals surface area (Å²) in [6, 6.07) is 0. The fourth-order valence-electron chi connectivity index (χ4n) is 0.838. The van der Waals surface area contributed by atoms with Crippen molar-refractivity contribution in [3.8, 4) is 0 Å². The van der Waals surface area contributed by atoms with Crippen LogP contribution in [0.15, 0.2) is 0 Å². The Hall–Kier alpha value is -0.200. The second-order valence-electron chi connectivity index (χ2n) is 3.40. The normalized spacial score (nSPS) is 19.8. The summed E-state index contributed by atoms with van der Waals surface area (Å²) in [5, 5.41) is -0.175. The number of hydrogen-bond donors (Lipinski definition) is 2. The van der Waals surface area contributed by atoms with Crippen LogP contribution in [0.4, 0.5) is 0 Å². The molecule has 13 heavy (non-hydrogen) atoms. The van der Waals surface area contributed by atoms with Crippen LogP contribution in [-0.4, -0.2) is 25.2 Å². The molecule has 0 aliphatic heterocycles. The van der Waals surface area contributed by atoms with E-state index in [1.54, 1.807) is 6.92 Å². The van der Waals surface area contributed by atoms with Crippen molar-refractivity contribution in [2.75, 3.05) is 6.54 Å². The fourth-order valence-corrected chi connectivity index (χ4v) is 2.40. The van der Waals surface area contributed by atoms with Gasteiger partial charge in [-0.1, -0.05) is 19.1 Å². The minimum atomic E-state index is -3.08. The molecule has 0 radical (unpaired) electrons. The molecule has 0 aromatic heterocycles. The van der Waals surface area contributed by atoms with E-state index < -0.39 is 10.0 Å². The van der Waals surface area contributed by atoms with Gasteiger partial charge in [-0.05, 0) is 12.8 Å². The Labute approximate surface area is 83.9 Å². The second kappa shape index (κ2) is 3.89. The molecule has 0 spiro atoms. The van der Waals surface area contributed by atoms with Crippen LogP contribution in [0.3, 0.4) is 0 Å². The van der Waals surface area contributed by atoms with Gasteiger partial charge in [-0.15, -0.1) is 0 Å². The third-order valence-corrected chi connectivity index (χ3v) is 4.36. The van der Waals surface area contributed by atoms with Gasteiger partial charge in [0.2, 0.25) is 10.0 Å². The van der Waals surface area contributed by atoms with Crippen molar-refractivity contribution >= 4 is 27.2 Å². The molecule has 0 aromatic rings. The highest BCUT2D eigenvalue weighted by atomic mass is 32.2. The van der Waals surface area contributed by atoms with E-state index >= 15 is 0 Å². The Kier molecular flexibility index (Phi) is 3.26. The van der Waals surface area contributed by atoms with Gasteiger partial charge in [-0.25, -0.2) is 13.1 Å². The van der Waals surface area contributed by atoms with Crippen LogP contribution in [0, 0.1) is 5.92 Å². The SMILES string of the molecule is CC(CNS(=O)(=O)C1CC1)C(N)=S. The lowest BCUT2D eigenvalue weighted by molar-refractivity contribution is 0.573. The van der Waals surface area contributed by atoms with Crippen LogP contribution in [0.2, 0.25) is 0 Å². The number of thiocarbonyl (C=S) groups is 1. The van der Waals surface area contributed by atoms with Gasteiger partial charge in [0.15, 0.2) is 0 Å². The lowest BCUT2D eigenvalue weighted by Crippen LogP contribution is -2.35. The first-order chi connectivity index (χ1) is 5.93. The minimum absolute atomic E-state index is 0.0801. The summed E-state index contributed by atoms with van der Waals surface area (Å²) in [7, 11) is -3.08. The molecule has 6 heteroatoms. The molecule has 1 aliphatic carbocycles. The minimum Gasteiger partial charge on any atom is -0.393 e. The molecule has 1 unspecified atom stereocenters. The van der Waals surface area contributed by atoms with Crippen molar-refractivity contribution in [2.45, 2.75) is 25.0 Å². The molecular formula is C7H14N2O2S2. The summed E-state index contributed by atoms with van der Waals surface area (Å²) in [5.74, 6) is -0.0801. The maximum absolute atomic E-state index is 11.3. The van der Waals surface area contributed by atoms with E-state index in [9.17, 15) is 8.42 Å². The van der Waals surface area contributed by atoms with Crippen molar-refractivity contribution in [1.29, 1.82) is 0 Å². The average Bonchev–Trinajstić information content (AvgIpc) is 2.81. The highest BCUT2D eigenvalue weighted by Gasteiger charge is 2.35. The smallest absolute Gasteiger partial charge is 0.214 e. The van der Waals surface area contributed by atoms with Crippen LogP contribution in [-0.2, 0) is 10.0 Å². The first-order valence-electron chi connectivity index (χ1n) is 4.21. The summed E-state index contributed by atoms with van der Waals surface area (Å²) >= 11 is 4.73. The number of hydrogen-bond acceptors (Lipinski definition) is 3. The number of rotatable bonds is 5. The predicted molar refractivity (Wildman–Crippen MR) is 55.9 cm³/mol. The molecular weight excluding hydrogens is 208 g/mol. The van der Waals surface area contributed by atoms with E-state index in [4.69, 9.17) is 18.0 Å². The summed E-state index contributed by atoms with van der Waals surface area (Å²) in [6.07, 6.45) is 1.55. The molecule has 4 nitrogen and oxygen atoms in total. The molecule has 1 saturated carbocycles. The molecule has 1 rings (SSSR count). The van der Waals surface area contributed by atoms with Crippen molar-refractivity contribution in [3.63, 3.8) is 0 Å². The van der Waals surface area contributed by atoms with Crippen LogP contribution in [0.1, 0.15) is 19.8 Å². The summed E-state index contributed by atoms with van der Waals surface area (Å²) in [4.78, 5) is 0.346. The zero-order chi connectivity index (χ0) is 10.1. The zero-order valence-electron chi connectivity index (χ0n) is 7.49. The van der Waals surface area contributed by atoms with E-state index in [1.807, 2.05) is 0 Å². The predicted octanol–water partition coefficient (Wildman–Crippen LogP) is -0.00960. The van der Waals surface area contributed by atoms with E-state index in [1.165, 1.54) is 0 Å². The lowest BCUT2D eigenvalue weighted by atomic mass is 10.2. The second-order valence-corrected chi connectivity index (χ2v) is 5.91. The van der Waals surface area contributed by atoms with E-state index in [0.717, 1.165) is 12.8 Å². The Balaban J connectivity index is 2.37. The van der Waals surface area contributed by atoms with Crippen LogP contribution < -0.4 is 10.5 Å². The van der Waals surface area contributed by atoms with Gasteiger partial charge in [0.1, 0.15) is 0 Å². The largest absolute Gasteiger partial charge is 0.393 e. The Bertz CT molecular complexity index is 296. The van der Waals surface area contributed by atoms with Crippen molar-refractivity contribution in [2.24, 2.45) is 11.7 Å². The first-order valence-corrected chi connectivity index (χ1v) is 6.16. The van der Waals surface area contributed by atoms with Crippen LogP contribution in [0.25, 0.3) is 0 Å². The maximum atomic E-state index is 11.3. The van der Waals surface area contributed by atoms with Crippen molar-refractivity contribution < 1.29 is 8.42 Å². The zero-order valence-corrected chi connectivity index (χ0v) is 9.12. The van der Waals surface area contributed by atoms with Crippen molar-refractivity contribution in [3.05, 3.63) is 0 Å². The van der Waals surface area contributed by atoms with E-state index in [0.29, 0.717) is 11.5 Å². The number of nitrogens with one attached hydrogen (secondary N) is 1. The van der Waals surface area contributed by atoms with Crippen LogP contribution in [0.5, 0.6) is 0 Å². The van der Waals surface area contributed by atoms with Crippen molar-refractivity contribution in [1.82, 2.24) is 4.72 Å². The molecule has 0 aromatic carbocycles. The molecule has 76 valence electrons. The standard InChI is InChI=1S/C7H14N2O2S2/c1-5(7(8)12)4-9-13(10,11)6-2-3-6/h5-6,9H,2-4H2,1H3,(H2,8,12). The summed E-state index contributed by atoms with van der Waals surface area (Å²) in [6.45, 7) is 2.12. The highest BCUT2D eigenvalue weighted by Crippen LogP contribution is 2.27. The summed E-state index contributed by atoms with van der Waals surface area (Å²) < 4.78 is 25.2. The Morgan fingerprint density at radius 1 is 1.69 bits per heavy atom. The monoisotopic (exact) mass is 222 g/mol. The summed E-state index contributed by atoms with van der Waals surface area (Å²) in [5.41, 5.74) is 5.35. The molecule has 1 atom stereocenters. The molecule has 0 saturated heterocycles. The topological polar surface area (TPSA) is 72.2 Å². The molecule has 0 bridgehead atoms. The van der Waals surface area contributed by atoms with Crippen LogP contribution >= 0.6 is 12.2 Å². The van der Waals surface area contributed by atoms with Gasteiger partial charge in [0.25, 0.3) is 0 Å². The van der Waals surface area contributed by atoms with Gasteiger partial charge in [0.05, 0.1) is 10.2 Å². The van der Waals surface area contributed by atoms with Gasteiger partial charge in [-0.2, -0.15) is 0 Å². The number of nitrogens with two attached hydrogens (primary N) is 1. The quantitative estimate of drug-likeness (QED) is 0.642. The van der Waals surface area contributed by atoms with E-state index in [-0.39, 0.29) is 11.2 Å². The third kappa shape index (κ3) is 3.21. The van der Waals surface area contributed by atoms with Gasteiger partial charge >= 0.3 is 0 Å². The highest BCUT2D eigenvalue weighted by molar-refractivity contribution is 7.90. The average molecular weight is 222 g/mol. The third-order valence-electron chi connectivity index (χ3n) is 2.04. The lowest BCUT2D eigenvalue weighted by Gasteiger charge is -2.10. The first kappa shape index (κ1) is 10.9. The fraction of sp³-hybridized carbons (Fsp3) is 0.857. The molecule has 3 N–H and O–H groups in total. The molecule has 1 aliphatic rings.